The van der Waals surface area contributed by atoms with Crippen molar-refractivity contribution in [3.8, 4) is 0 Å². The SMILES string of the molecule is COC(=O)C[C@H]1C[C@@H](c2ccc(C(F)(F)F)cc2)[C@H](N)CO1. The maximum absolute atomic E-state index is 12.6. The monoisotopic (exact) mass is 317 g/mol. The van der Waals surface area contributed by atoms with Crippen LogP contribution in [0.15, 0.2) is 24.3 Å². The van der Waals surface area contributed by atoms with E-state index in [1.54, 1.807) is 0 Å². The van der Waals surface area contributed by atoms with Gasteiger partial charge in [0.15, 0.2) is 0 Å². The summed E-state index contributed by atoms with van der Waals surface area (Å²) in [5.41, 5.74) is 6.03. The van der Waals surface area contributed by atoms with Crippen molar-refractivity contribution in [3.05, 3.63) is 35.4 Å². The van der Waals surface area contributed by atoms with Crippen molar-refractivity contribution >= 4 is 5.97 Å². The number of rotatable bonds is 3. The van der Waals surface area contributed by atoms with Crippen LogP contribution < -0.4 is 5.73 Å². The molecule has 0 unspecified atom stereocenters. The number of alkyl halides is 3. The van der Waals surface area contributed by atoms with E-state index in [0.717, 1.165) is 17.7 Å². The molecule has 1 aromatic carbocycles. The normalized spacial score (nSPS) is 25.8. The van der Waals surface area contributed by atoms with Crippen molar-refractivity contribution in [1.29, 1.82) is 0 Å². The van der Waals surface area contributed by atoms with Gasteiger partial charge in [0, 0.05) is 12.0 Å². The first kappa shape index (κ1) is 16.8. The molecule has 2 N–H and O–H groups in total. The van der Waals surface area contributed by atoms with Crippen LogP contribution in [0.3, 0.4) is 0 Å². The van der Waals surface area contributed by atoms with Gasteiger partial charge in [-0.15, -0.1) is 0 Å². The standard InChI is InChI=1S/C15H18F3NO3/c1-21-14(20)7-11-6-12(13(19)8-22-11)9-2-4-10(5-3-9)15(16,17)18/h2-5,11-13H,6-8,19H2,1H3/t11-,12+,13-/m1/s1. The van der Waals surface area contributed by atoms with E-state index in [2.05, 4.69) is 4.74 Å². The summed E-state index contributed by atoms with van der Waals surface area (Å²) in [5.74, 6) is -0.530. The van der Waals surface area contributed by atoms with E-state index < -0.39 is 11.7 Å². The number of benzene rings is 1. The molecule has 122 valence electrons. The first-order chi connectivity index (χ1) is 10.3. The summed E-state index contributed by atoms with van der Waals surface area (Å²) in [4.78, 5) is 11.3. The van der Waals surface area contributed by atoms with Crippen LogP contribution in [-0.2, 0) is 20.4 Å². The lowest BCUT2D eigenvalue weighted by Gasteiger charge is -2.34. The molecule has 0 spiro atoms. The minimum atomic E-state index is -4.36. The van der Waals surface area contributed by atoms with Gasteiger partial charge in [-0.1, -0.05) is 12.1 Å². The molecule has 4 nitrogen and oxygen atoms in total. The highest BCUT2D eigenvalue weighted by Gasteiger charge is 2.33. The van der Waals surface area contributed by atoms with Crippen molar-refractivity contribution in [2.75, 3.05) is 13.7 Å². The van der Waals surface area contributed by atoms with Crippen LogP contribution in [0.4, 0.5) is 13.2 Å². The number of ether oxygens (including phenoxy) is 2. The second kappa shape index (κ2) is 6.66. The molecule has 2 rings (SSSR count). The third kappa shape index (κ3) is 3.98. The molecule has 0 bridgehead atoms. The van der Waals surface area contributed by atoms with E-state index in [0.29, 0.717) is 6.42 Å². The average Bonchev–Trinajstić information content (AvgIpc) is 2.48. The Labute approximate surface area is 126 Å². The van der Waals surface area contributed by atoms with Gasteiger partial charge in [-0.25, -0.2) is 0 Å². The number of halogens is 3. The zero-order chi connectivity index (χ0) is 16.3. The van der Waals surface area contributed by atoms with Gasteiger partial charge in [-0.05, 0) is 24.1 Å². The lowest BCUT2D eigenvalue weighted by Crippen LogP contribution is -2.42. The fraction of sp³-hybridized carbons (Fsp3) is 0.533. The van der Waals surface area contributed by atoms with E-state index in [1.165, 1.54) is 19.2 Å². The van der Waals surface area contributed by atoms with E-state index in [4.69, 9.17) is 10.5 Å². The van der Waals surface area contributed by atoms with Gasteiger partial charge in [-0.3, -0.25) is 4.79 Å². The highest BCUT2D eigenvalue weighted by molar-refractivity contribution is 5.69. The average molecular weight is 317 g/mol. The number of carbonyl (C=O) groups is 1. The van der Waals surface area contributed by atoms with Crippen LogP contribution >= 0.6 is 0 Å². The second-order valence-corrected chi connectivity index (χ2v) is 5.36. The fourth-order valence-corrected chi connectivity index (χ4v) is 2.60. The van der Waals surface area contributed by atoms with Crippen molar-refractivity contribution in [1.82, 2.24) is 0 Å². The number of hydrogen-bond donors (Lipinski definition) is 1. The zero-order valence-corrected chi connectivity index (χ0v) is 12.1. The molecule has 22 heavy (non-hydrogen) atoms. The summed E-state index contributed by atoms with van der Waals surface area (Å²) >= 11 is 0. The van der Waals surface area contributed by atoms with Gasteiger partial charge in [0.1, 0.15) is 0 Å². The Kier molecular flexibility index (Phi) is 5.08. The van der Waals surface area contributed by atoms with Gasteiger partial charge < -0.3 is 15.2 Å². The highest BCUT2D eigenvalue weighted by Crippen LogP contribution is 2.34. The first-order valence-corrected chi connectivity index (χ1v) is 6.92. The van der Waals surface area contributed by atoms with E-state index in [1.807, 2.05) is 0 Å². The van der Waals surface area contributed by atoms with E-state index in [9.17, 15) is 18.0 Å². The molecule has 0 saturated carbocycles. The number of esters is 1. The molecule has 1 saturated heterocycles. The summed E-state index contributed by atoms with van der Waals surface area (Å²) in [6, 6.07) is 4.66. The topological polar surface area (TPSA) is 61.5 Å². The Morgan fingerprint density at radius 3 is 2.55 bits per heavy atom. The molecule has 0 radical (unpaired) electrons. The smallest absolute Gasteiger partial charge is 0.416 e. The Morgan fingerprint density at radius 1 is 1.36 bits per heavy atom. The minimum Gasteiger partial charge on any atom is -0.469 e. The molecule has 1 aliphatic heterocycles. The second-order valence-electron chi connectivity index (χ2n) is 5.36. The van der Waals surface area contributed by atoms with Crippen molar-refractivity contribution in [3.63, 3.8) is 0 Å². The van der Waals surface area contributed by atoms with Crippen molar-refractivity contribution in [2.45, 2.75) is 37.1 Å². The number of hydrogen-bond acceptors (Lipinski definition) is 4. The zero-order valence-electron chi connectivity index (χ0n) is 12.1. The molecule has 1 heterocycles. The van der Waals surface area contributed by atoms with Crippen molar-refractivity contribution < 1.29 is 27.4 Å². The predicted octanol–water partition coefficient (Wildman–Crippen LogP) is 2.47. The van der Waals surface area contributed by atoms with E-state index >= 15 is 0 Å². The van der Waals surface area contributed by atoms with E-state index in [-0.39, 0.29) is 37.1 Å². The first-order valence-electron chi connectivity index (χ1n) is 6.92. The fourth-order valence-electron chi connectivity index (χ4n) is 2.60. The van der Waals surface area contributed by atoms with Gasteiger partial charge in [-0.2, -0.15) is 13.2 Å². The van der Waals surface area contributed by atoms with Crippen LogP contribution in [0, 0.1) is 0 Å². The minimum absolute atomic E-state index is 0.111. The highest BCUT2D eigenvalue weighted by atomic mass is 19.4. The number of nitrogens with two attached hydrogens (primary N) is 1. The van der Waals surface area contributed by atoms with Crippen molar-refractivity contribution in [2.24, 2.45) is 5.73 Å². The van der Waals surface area contributed by atoms with Crippen LogP contribution in [-0.4, -0.2) is 31.8 Å². The molecular weight excluding hydrogens is 299 g/mol. The predicted molar refractivity (Wildman–Crippen MR) is 73.2 cm³/mol. The van der Waals surface area contributed by atoms with Crippen LogP contribution in [0.25, 0.3) is 0 Å². The molecule has 1 aromatic rings. The number of carbonyl (C=O) groups excluding carboxylic acids is 1. The van der Waals surface area contributed by atoms with Crippen LogP contribution in [0.5, 0.6) is 0 Å². The molecule has 3 atom stereocenters. The van der Waals surface area contributed by atoms with Gasteiger partial charge >= 0.3 is 12.1 Å². The van der Waals surface area contributed by atoms with Gasteiger partial charge in [0.2, 0.25) is 0 Å². The van der Waals surface area contributed by atoms with Gasteiger partial charge in [0.25, 0.3) is 0 Å². The molecular formula is C15H18F3NO3. The van der Waals surface area contributed by atoms with Gasteiger partial charge in [0.05, 0.1) is 31.8 Å². The molecule has 1 aliphatic rings. The molecule has 0 aliphatic carbocycles. The summed E-state index contributed by atoms with van der Waals surface area (Å²) in [7, 11) is 1.30. The largest absolute Gasteiger partial charge is 0.469 e. The third-order valence-corrected chi connectivity index (χ3v) is 3.85. The molecule has 0 amide bonds. The summed E-state index contributed by atoms with van der Waals surface area (Å²) in [5, 5.41) is 0. The third-order valence-electron chi connectivity index (χ3n) is 3.85. The Balaban J connectivity index is 2.10. The Bertz CT molecular complexity index is 516. The molecule has 1 fully saturated rings. The summed E-state index contributed by atoms with van der Waals surface area (Å²) in [6.07, 6.45) is -4.11. The summed E-state index contributed by atoms with van der Waals surface area (Å²) < 4.78 is 47.8. The Hall–Kier alpha value is -1.60. The lowest BCUT2D eigenvalue weighted by atomic mass is 9.84. The molecule has 7 heteroatoms. The maximum atomic E-state index is 12.6. The Morgan fingerprint density at radius 2 is 2.00 bits per heavy atom. The quantitative estimate of drug-likeness (QED) is 0.870. The molecule has 0 aromatic heterocycles. The lowest BCUT2D eigenvalue weighted by molar-refractivity contribution is -0.145. The summed E-state index contributed by atoms with van der Waals surface area (Å²) in [6.45, 7) is 0.257. The van der Waals surface area contributed by atoms with Crippen LogP contribution in [0.1, 0.15) is 29.9 Å². The van der Waals surface area contributed by atoms with Crippen LogP contribution in [0.2, 0.25) is 0 Å². The maximum Gasteiger partial charge on any atom is 0.416 e. The number of methoxy groups -OCH3 is 1.